The minimum absolute atomic E-state index is 0.272. The Bertz CT molecular complexity index is 692. The molecule has 0 unspecified atom stereocenters. The van der Waals surface area contributed by atoms with Gasteiger partial charge in [0.25, 0.3) is 0 Å². The molecule has 102 valence electrons. The van der Waals surface area contributed by atoms with Crippen molar-refractivity contribution in [2.24, 2.45) is 0 Å². The largest absolute Gasteiger partial charge is 0.461 e. The molecular formula is C14H12FN3OS. The Morgan fingerprint density at radius 1 is 1.20 bits per heavy atom. The maximum absolute atomic E-state index is 13.1. The van der Waals surface area contributed by atoms with Crippen molar-refractivity contribution in [2.45, 2.75) is 12.1 Å². The van der Waals surface area contributed by atoms with Crippen molar-refractivity contribution in [1.29, 1.82) is 0 Å². The lowest BCUT2D eigenvalue weighted by Gasteiger charge is -2.08. The van der Waals surface area contributed by atoms with Gasteiger partial charge in [0.1, 0.15) is 5.82 Å². The van der Waals surface area contributed by atoms with Crippen LogP contribution >= 0.6 is 11.8 Å². The standard InChI is InChI=1S/C14H12FN3OS/c1-2-20-14-17-16-13(12-4-3-9-19-12)18(14)11-7-5-10(15)6-8-11/h3-9H,2H2,1H3. The average Bonchev–Trinajstić information content (AvgIpc) is 3.09. The van der Waals surface area contributed by atoms with E-state index in [1.165, 1.54) is 12.1 Å². The van der Waals surface area contributed by atoms with Crippen LogP contribution < -0.4 is 0 Å². The summed E-state index contributed by atoms with van der Waals surface area (Å²) in [5, 5.41) is 9.12. The zero-order valence-electron chi connectivity index (χ0n) is 10.8. The predicted molar refractivity (Wildman–Crippen MR) is 75.4 cm³/mol. The molecule has 20 heavy (non-hydrogen) atoms. The van der Waals surface area contributed by atoms with E-state index in [4.69, 9.17) is 4.42 Å². The van der Waals surface area contributed by atoms with Gasteiger partial charge in [-0.2, -0.15) is 0 Å². The molecule has 1 aromatic carbocycles. The first-order valence-electron chi connectivity index (χ1n) is 6.17. The summed E-state index contributed by atoms with van der Waals surface area (Å²) in [5.41, 5.74) is 0.804. The fourth-order valence-electron chi connectivity index (χ4n) is 1.88. The number of rotatable bonds is 4. The molecule has 4 nitrogen and oxygen atoms in total. The van der Waals surface area contributed by atoms with E-state index in [9.17, 15) is 4.39 Å². The second-order valence-corrected chi connectivity index (χ2v) is 5.26. The number of furan rings is 1. The lowest BCUT2D eigenvalue weighted by molar-refractivity contribution is 0.575. The second-order valence-electron chi connectivity index (χ2n) is 4.03. The van der Waals surface area contributed by atoms with Gasteiger partial charge in [-0.05, 0) is 42.2 Å². The number of thioether (sulfide) groups is 1. The molecule has 2 aromatic heterocycles. The normalized spacial score (nSPS) is 10.9. The third-order valence-corrected chi connectivity index (χ3v) is 3.54. The molecule has 2 heterocycles. The Balaban J connectivity index is 2.15. The van der Waals surface area contributed by atoms with E-state index in [2.05, 4.69) is 10.2 Å². The van der Waals surface area contributed by atoms with Gasteiger partial charge in [-0.3, -0.25) is 4.57 Å². The van der Waals surface area contributed by atoms with Crippen LogP contribution in [0, 0.1) is 5.82 Å². The summed E-state index contributed by atoms with van der Waals surface area (Å²) in [6, 6.07) is 9.86. The van der Waals surface area contributed by atoms with Gasteiger partial charge >= 0.3 is 0 Å². The van der Waals surface area contributed by atoms with E-state index in [-0.39, 0.29) is 5.82 Å². The Morgan fingerprint density at radius 3 is 2.65 bits per heavy atom. The topological polar surface area (TPSA) is 43.9 Å². The Kier molecular flexibility index (Phi) is 3.56. The van der Waals surface area contributed by atoms with E-state index in [0.717, 1.165) is 16.6 Å². The maximum atomic E-state index is 13.1. The third-order valence-electron chi connectivity index (χ3n) is 2.73. The Hall–Kier alpha value is -2.08. The molecule has 0 bridgehead atoms. The number of aromatic nitrogens is 3. The van der Waals surface area contributed by atoms with E-state index < -0.39 is 0 Å². The molecule has 0 saturated heterocycles. The molecule has 0 fully saturated rings. The molecule has 0 amide bonds. The van der Waals surface area contributed by atoms with Crippen LogP contribution in [0.1, 0.15) is 6.92 Å². The Labute approximate surface area is 119 Å². The zero-order valence-corrected chi connectivity index (χ0v) is 11.6. The highest BCUT2D eigenvalue weighted by atomic mass is 32.2. The number of halogens is 1. The van der Waals surface area contributed by atoms with Gasteiger partial charge in [-0.25, -0.2) is 4.39 Å². The fourth-order valence-corrected chi connectivity index (χ4v) is 2.56. The third kappa shape index (κ3) is 2.34. The average molecular weight is 289 g/mol. The van der Waals surface area contributed by atoms with Crippen molar-refractivity contribution < 1.29 is 8.81 Å². The monoisotopic (exact) mass is 289 g/mol. The van der Waals surface area contributed by atoms with E-state index in [1.807, 2.05) is 17.6 Å². The first-order chi connectivity index (χ1) is 9.79. The molecule has 0 N–H and O–H groups in total. The van der Waals surface area contributed by atoms with Gasteiger partial charge in [0.05, 0.1) is 12.0 Å². The highest BCUT2D eigenvalue weighted by molar-refractivity contribution is 7.99. The van der Waals surface area contributed by atoms with Gasteiger partial charge < -0.3 is 4.42 Å². The van der Waals surface area contributed by atoms with Gasteiger partial charge in [-0.1, -0.05) is 18.7 Å². The summed E-state index contributed by atoms with van der Waals surface area (Å²) in [5.74, 6) is 1.84. The highest BCUT2D eigenvalue weighted by Gasteiger charge is 2.17. The molecule has 0 atom stereocenters. The SMILES string of the molecule is CCSc1nnc(-c2ccco2)n1-c1ccc(F)cc1. The van der Waals surface area contributed by atoms with Crippen molar-refractivity contribution in [3.63, 3.8) is 0 Å². The van der Waals surface area contributed by atoms with Crippen molar-refractivity contribution in [2.75, 3.05) is 5.75 Å². The summed E-state index contributed by atoms with van der Waals surface area (Å²) < 4.78 is 20.3. The molecule has 0 radical (unpaired) electrons. The van der Waals surface area contributed by atoms with Crippen LogP contribution in [-0.4, -0.2) is 20.5 Å². The first-order valence-corrected chi connectivity index (χ1v) is 7.16. The fraction of sp³-hybridized carbons (Fsp3) is 0.143. The van der Waals surface area contributed by atoms with Crippen LogP contribution in [0.15, 0.2) is 52.2 Å². The van der Waals surface area contributed by atoms with Gasteiger partial charge in [0.2, 0.25) is 5.82 Å². The summed E-state index contributed by atoms with van der Waals surface area (Å²) >= 11 is 1.57. The summed E-state index contributed by atoms with van der Waals surface area (Å²) in [6.45, 7) is 2.04. The van der Waals surface area contributed by atoms with Crippen molar-refractivity contribution in [3.05, 3.63) is 48.5 Å². The van der Waals surface area contributed by atoms with Gasteiger partial charge in [0, 0.05) is 0 Å². The van der Waals surface area contributed by atoms with Crippen LogP contribution in [0.25, 0.3) is 17.3 Å². The minimum Gasteiger partial charge on any atom is -0.461 e. The van der Waals surface area contributed by atoms with Crippen LogP contribution in [0.5, 0.6) is 0 Å². The molecule has 0 saturated carbocycles. The molecule has 6 heteroatoms. The quantitative estimate of drug-likeness (QED) is 0.686. The summed E-state index contributed by atoms with van der Waals surface area (Å²) in [7, 11) is 0. The predicted octanol–water partition coefficient (Wildman–Crippen LogP) is 3.78. The van der Waals surface area contributed by atoms with E-state index >= 15 is 0 Å². The minimum atomic E-state index is -0.272. The molecule has 0 aliphatic carbocycles. The number of nitrogens with zero attached hydrogens (tertiary/aromatic N) is 3. The van der Waals surface area contributed by atoms with Crippen molar-refractivity contribution in [1.82, 2.24) is 14.8 Å². The van der Waals surface area contributed by atoms with Gasteiger partial charge in [-0.15, -0.1) is 10.2 Å². The molecule has 0 spiro atoms. The van der Waals surface area contributed by atoms with Crippen LogP contribution in [0.2, 0.25) is 0 Å². The molecule has 3 rings (SSSR count). The van der Waals surface area contributed by atoms with Crippen LogP contribution in [0.3, 0.4) is 0 Å². The number of hydrogen-bond donors (Lipinski definition) is 0. The van der Waals surface area contributed by atoms with Gasteiger partial charge in [0.15, 0.2) is 10.9 Å². The van der Waals surface area contributed by atoms with E-state index in [1.54, 1.807) is 36.2 Å². The zero-order chi connectivity index (χ0) is 13.9. The lowest BCUT2D eigenvalue weighted by Crippen LogP contribution is -1.99. The van der Waals surface area contributed by atoms with Crippen molar-refractivity contribution >= 4 is 11.8 Å². The molecular weight excluding hydrogens is 277 g/mol. The Morgan fingerprint density at radius 2 is 2.00 bits per heavy atom. The number of benzene rings is 1. The first kappa shape index (κ1) is 12.9. The van der Waals surface area contributed by atoms with E-state index in [0.29, 0.717) is 11.6 Å². The lowest BCUT2D eigenvalue weighted by atomic mass is 10.3. The van der Waals surface area contributed by atoms with Crippen LogP contribution in [-0.2, 0) is 0 Å². The summed E-state index contributed by atoms with van der Waals surface area (Å²) in [6.07, 6.45) is 1.59. The summed E-state index contributed by atoms with van der Waals surface area (Å²) in [4.78, 5) is 0. The molecule has 0 aliphatic rings. The van der Waals surface area contributed by atoms with Crippen molar-refractivity contribution in [3.8, 4) is 17.3 Å². The highest BCUT2D eigenvalue weighted by Crippen LogP contribution is 2.28. The smallest absolute Gasteiger partial charge is 0.205 e. The number of hydrogen-bond acceptors (Lipinski definition) is 4. The maximum Gasteiger partial charge on any atom is 0.205 e. The molecule has 0 aliphatic heterocycles. The second kappa shape index (κ2) is 5.50. The molecule has 3 aromatic rings. The van der Waals surface area contributed by atoms with Crippen LogP contribution in [0.4, 0.5) is 4.39 Å².